The van der Waals surface area contributed by atoms with E-state index in [-0.39, 0.29) is 5.91 Å². The van der Waals surface area contributed by atoms with Gasteiger partial charge in [-0.15, -0.1) is 11.7 Å². The lowest BCUT2D eigenvalue weighted by molar-refractivity contribution is -0.123. The number of nitrogens with one attached hydrogen (secondary N) is 2. The van der Waals surface area contributed by atoms with Crippen LogP contribution in [-0.2, 0) is 11.3 Å². The molecule has 1 heterocycles. The van der Waals surface area contributed by atoms with E-state index >= 15 is 0 Å². The van der Waals surface area contributed by atoms with Crippen molar-refractivity contribution in [1.29, 1.82) is 0 Å². The Bertz CT molecular complexity index is 559. The Morgan fingerprint density at radius 2 is 2.24 bits per heavy atom. The molecule has 0 aromatic heterocycles. The SMILES string of the molecule is C=CCN1C(=O)CS/C1=N\NC(=S)NCc1ccccc1. The third-order valence-corrected chi connectivity index (χ3v) is 3.91. The molecule has 110 valence electrons. The molecule has 1 amide bonds. The second-order valence-electron chi connectivity index (χ2n) is 4.26. The Morgan fingerprint density at radius 1 is 1.48 bits per heavy atom. The summed E-state index contributed by atoms with van der Waals surface area (Å²) >= 11 is 6.54. The maximum Gasteiger partial charge on any atom is 0.239 e. The fraction of sp³-hybridized carbons (Fsp3) is 0.214. The Hall–Kier alpha value is -1.86. The fourth-order valence-electron chi connectivity index (χ4n) is 1.71. The highest BCUT2D eigenvalue weighted by Gasteiger charge is 2.27. The summed E-state index contributed by atoms with van der Waals surface area (Å²) in [4.78, 5) is 13.2. The summed E-state index contributed by atoms with van der Waals surface area (Å²) in [6.07, 6.45) is 1.67. The van der Waals surface area contributed by atoms with Crippen LogP contribution in [0.15, 0.2) is 48.1 Å². The van der Waals surface area contributed by atoms with Gasteiger partial charge >= 0.3 is 0 Å². The first kappa shape index (κ1) is 15.5. The molecule has 0 unspecified atom stereocenters. The highest BCUT2D eigenvalue weighted by molar-refractivity contribution is 8.15. The van der Waals surface area contributed by atoms with Gasteiger partial charge in [0.1, 0.15) is 0 Å². The Kier molecular flexibility index (Phi) is 5.77. The lowest BCUT2D eigenvalue weighted by atomic mass is 10.2. The number of thioether (sulfide) groups is 1. The normalized spacial score (nSPS) is 16.1. The highest BCUT2D eigenvalue weighted by atomic mass is 32.2. The van der Waals surface area contributed by atoms with E-state index in [1.807, 2.05) is 30.3 Å². The van der Waals surface area contributed by atoms with E-state index in [1.54, 1.807) is 11.0 Å². The van der Waals surface area contributed by atoms with E-state index in [0.717, 1.165) is 5.56 Å². The molecule has 2 rings (SSSR count). The molecule has 1 aromatic carbocycles. The number of hydrazone groups is 1. The van der Waals surface area contributed by atoms with Crippen LogP contribution < -0.4 is 10.7 Å². The van der Waals surface area contributed by atoms with Crippen molar-refractivity contribution in [2.75, 3.05) is 12.3 Å². The van der Waals surface area contributed by atoms with Crippen molar-refractivity contribution in [2.24, 2.45) is 5.10 Å². The van der Waals surface area contributed by atoms with Crippen LogP contribution in [0.3, 0.4) is 0 Å². The van der Waals surface area contributed by atoms with Crippen molar-refractivity contribution in [3.05, 3.63) is 48.6 Å². The zero-order chi connectivity index (χ0) is 15.1. The average Bonchev–Trinajstić information content (AvgIpc) is 2.85. The zero-order valence-electron chi connectivity index (χ0n) is 11.4. The van der Waals surface area contributed by atoms with Gasteiger partial charge in [0.15, 0.2) is 10.3 Å². The van der Waals surface area contributed by atoms with Crippen molar-refractivity contribution in [3.63, 3.8) is 0 Å². The number of carbonyl (C=O) groups excluding carboxylic acids is 1. The number of hydrogen-bond donors (Lipinski definition) is 2. The van der Waals surface area contributed by atoms with Gasteiger partial charge in [-0.1, -0.05) is 48.2 Å². The number of thiocarbonyl (C=S) groups is 1. The third-order valence-electron chi connectivity index (χ3n) is 2.72. The summed E-state index contributed by atoms with van der Waals surface area (Å²) in [7, 11) is 0. The first-order valence-electron chi connectivity index (χ1n) is 6.40. The summed E-state index contributed by atoms with van der Waals surface area (Å²) in [5.41, 5.74) is 3.90. The van der Waals surface area contributed by atoms with Gasteiger partial charge in [0.25, 0.3) is 0 Å². The van der Waals surface area contributed by atoms with Crippen LogP contribution in [0.2, 0.25) is 0 Å². The second kappa shape index (κ2) is 7.80. The number of benzene rings is 1. The molecule has 0 aliphatic carbocycles. The van der Waals surface area contributed by atoms with Crippen molar-refractivity contribution in [1.82, 2.24) is 15.6 Å². The topological polar surface area (TPSA) is 56.7 Å². The quantitative estimate of drug-likeness (QED) is 0.491. The van der Waals surface area contributed by atoms with Gasteiger partial charge in [0.05, 0.1) is 5.75 Å². The Labute approximate surface area is 133 Å². The maximum absolute atomic E-state index is 11.6. The zero-order valence-corrected chi connectivity index (χ0v) is 13.0. The maximum atomic E-state index is 11.6. The summed E-state index contributed by atoms with van der Waals surface area (Å²) in [6.45, 7) is 4.71. The van der Waals surface area contributed by atoms with Gasteiger partial charge in [-0.05, 0) is 17.8 Å². The summed E-state index contributed by atoms with van der Waals surface area (Å²) in [5.74, 6) is 0.432. The molecular weight excluding hydrogens is 304 g/mol. The van der Waals surface area contributed by atoms with Crippen LogP contribution >= 0.6 is 24.0 Å². The minimum Gasteiger partial charge on any atom is -0.357 e. The molecule has 0 spiro atoms. The van der Waals surface area contributed by atoms with E-state index < -0.39 is 0 Å². The molecule has 1 saturated heterocycles. The summed E-state index contributed by atoms with van der Waals surface area (Å²) < 4.78 is 0. The molecule has 2 N–H and O–H groups in total. The van der Waals surface area contributed by atoms with E-state index in [9.17, 15) is 4.79 Å². The van der Waals surface area contributed by atoms with Crippen LogP contribution in [-0.4, -0.2) is 33.4 Å². The summed E-state index contributed by atoms with van der Waals surface area (Å²) in [6, 6.07) is 9.94. The van der Waals surface area contributed by atoms with Crippen LogP contribution in [0.4, 0.5) is 0 Å². The number of nitrogens with zero attached hydrogens (tertiary/aromatic N) is 2. The van der Waals surface area contributed by atoms with Crippen LogP contribution in [0.1, 0.15) is 5.56 Å². The predicted octanol–water partition coefficient (Wildman–Crippen LogP) is 1.68. The van der Waals surface area contributed by atoms with Crippen molar-refractivity contribution < 1.29 is 4.79 Å². The van der Waals surface area contributed by atoms with Crippen LogP contribution in [0.5, 0.6) is 0 Å². The third kappa shape index (κ3) is 4.57. The first-order valence-corrected chi connectivity index (χ1v) is 7.79. The van der Waals surface area contributed by atoms with Gasteiger partial charge in [-0.3, -0.25) is 15.1 Å². The molecule has 5 nitrogen and oxygen atoms in total. The molecule has 1 fully saturated rings. The number of hydrogen-bond acceptors (Lipinski definition) is 4. The second-order valence-corrected chi connectivity index (χ2v) is 5.61. The number of carbonyl (C=O) groups is 1. The average molecular weight is 320 g/mol. The monoisotopic (exact) mass is 320 g/mol. The van der Waals surface area contributed by atoms with Gasteiger partial charge in [0, 0.05) is 13.1 Å². The van der Waals surface area contributed by atoms with E-state index in [2.05, 4.69) is 22.4 Å². The standard InChI is InChI=1S/C14H16N4OS2/c1-2-8-18-12(19)10-21-14(18)17-16-13(20)15-9-11-6-4-3-5-7-11/h2-7H,1,8-10H2,(H2,15,16,20)/b17-14-. The molecular formula is C14H16N4OS2. The largest absolute Gasteiger partial charge is 0.357 e. The van der Waals surface area contributed by atoms with Crippen molar-refractivity contribution >= 4 is 40.2 Å². The highest BCUT2D eigenvalue weighted by Crippen LogP contribution is 2.18. The van der Waals surface area contributed by atoms with Crippen molar-refractivity contribution in [2.45, 2.75) is 6.54 Å². The number of amidine groups is 1. The van der Waals surface area contributed by atoms with Gasteiger partial charge < -0.3 is 5.32 Å². The molecule has 1 aliphatic rings. The molecule has 1 aromatic rings. The molecule has 21 heavy (non-hydrogen) atoms. The lowest BCUT2D eigenvalue weighted by Gasteiger charge is -2.13. The molecule has 1 aliphatic heterocycles. The van der Waals surface area contributed by atoms with Crippen LogP contribution in [0.25, 0.3) is 0 Å². The molecule has 0 radical (unpaired) electrons. The van der Waals surface area contributed by atoms with Crippen LogP contribution in [0, 0.1) is 0 Å². The Balaban J connectivity index is 1.84. The number of rotatable bonds is 5. The minimum absolute atomic E-state index is 0.0311. The lowest BCUT2D eigenvalue weighted by Crippen LogP contribution is -2.35. The smallest absolute Gasteiger partial charge is 0.239 e. The van der Waals surface area contributed by atoms with E-state index in [0.29, 0.717) is 29.1 Å². The predicted molar refractivity (Wildman–Crippen MR) is 90.8 cm³/mol. The molecule has 0 saturated carbocycles. The van der Waals surface area contributed by atoms with E-state index in [1.165, 1.54) is 11.8 Å². The molecule has 0 atom stereocenters. The van der Waals surface area contributed by atoms with E-state index in [4.69, 9.17) is 12.2 Å². The molecule has 0 bridgehead atoms. The fourth-order valence-corrected chi connectivity index (χ4v) is 2.68. The van der Waals surface area contributed by atoms with Gasteiger partial charge in [0.2, 0.25) is 5.91 Å². The van der Waals surface area contributed by atoms with Crippen molar-refractivity contribution in [3.8, 4) is 0 Å². The van der Waals surface area contributed by atoms with Gasteiger partial charge in [-0.2, -0.15) is 0 Å². The summed E-state index contributed by atoms with van der Waals surface area (Å²) in [5, 5.41) is 8.27. The molecule has 7 heteroatoms. The number of amides is 1. The minimum atomic E-state index is 0.0311. The van der Waals surface area contributed by atoms with Gasteiger partial charge in [-0.25, -0.2) is 0 Å². The first-order chi connectivity index (χ1) is 10.2. The Morgan fingerprint density at radius 3 is 2.95 bits per heavy atom.